The lowest BCUT2D eigenvalue weighted by Gasteiger charge is -2.21. The number of hydrogen-bond acceptors (Lipinski definition) is 4. The monoisotopic (exact) mass is 338 g/mol. The van der Waals surface area contributed by atoms with E-state index in [0.29, 0.717) is 25.5 Å². The van der Waals surface area contributed by atoms with E-state index in [1.165, 1.54) is 0 Å². The van der Waals surface area contributed by atoms with E-state index in [9.17, 15) is 13.2 Å². The van der Waals surface area contributed by atoms with E-state index in [1.54, 1.807) is 18.4 Å². The molecule has 1 N–H and O–H groups in total. The van der Waals surface area contributed by atoms with E-state index in [2.05, 4.69) is 20.0 Å². The zero-order valence-corrected chi connectivity index (χ0v) is 13.7. The van der Waals surface area contributed by atoms with Crippen LogP contribution in [0, 0.1) is 6.92 Å². The summed E-state index contributed by atoms with van der Waals surface area (Å²) in [6, 6.07) is 0. The number of halogens is 3. The Kier molecular flexibility index (Phi) is 7.60. The van der Waals surface area contributed by atoms with Gasteiger partial charge in [-0.05, 0) is 13.3 Å². The van der Waals surface area contributed by atoms with Crippen LogP contribution in [0.4, 0.5) is 13.2 Å². The molecule has 0 radical (unpaired) electrons. The van der Waals surface area contributed by atoms with Gasteiger partial charge in [-0.15, -0.1) is 11.3 Å². The van der Waals surface area contributed by atoms with Crippen molar-refractivity contribution in [2.45, 2.75) is 26.1 Å². The zero-order valence-electron chi connectivity index (χ0n) is 12.9. The maximum Gasteiger partial charge on any atom is 0.411 e. The second kappa shape index (κ2) is 8.94. The Morgan fingerprint density at radius 2 is 2.23 bits per heavy atom. The third kappa shape index (κ3) is 7.60. The number of alkyl halides is 3. The molecule has 0 unspecified atom stereocenters. The topological polar surface area (TPSA) is 49.8 Å². The van der Waals surface area contributed by atoms with Gasteiger partial charge in [0.05, 0.1) is 17.2 Å². The van der Waals surface area contributed by atoms with Crippen LogP contribution in [0.15, 0.2) is 10.4 Å². The summed E-state index contributed by atoms with van der Waals surface area (Å²) in [6.45, 7) is 1.91. The van der Waals surface area contributed by atoms with Gasteiger partial charge in [0, 0.05) is 32.6 Å². The summed E-state index contributed by atoms with van der Waals surface area (Å²) in [5.41, 5.74) is 0.960. The average Bonchev–Trinajstić information content (AvgIpc) is 2.82. The van der Waals surface area contributed by atoms with Crippen LogP contribution in [0.3, 0.4) is 0 Å². The number of aromatic nitrogens is 1. The van der Waals surface area contributed by atoms with E-state index in [4.69, 9.17) is 0 Å². The SMILES string of the molecule is CN=C(NCCCOCC(F)(F)F)N(C)Cc1csc(C)n1. The predicted molar refractivity (Wildman–Crippen MR) is 81.2 cm³/mol. The maximum absolute atomic E-state index is 11.9. The van der Waals surface area contributed by atoms with Gasteiger partial charge in [-0.2, -0.15) is 13.2 Å². The number of aryl methyl sites for hydroxylation is 1. The molecule has 9 heteroatoms. The van der Waals surface area contributed by atoms with Gasteiger partial charge < -0.3 is 15.0 Å². The van der Waals surface area contributed by atoms with Crippen molar-refractivity contribution < 1.29 is 17.9 Å². The third-order valence-corrected chi connectivity index (χ3v) is 3.48. The fourth-order valence-corrected chi connectivity index (χ4v) is 2.35. The lowest BCUT2D eigenvalue weighted by molar-refractivity contribution is -0.173. The van der Waals surface area contributed by atoms with Crippen molar-refractivity contribution in [3.05, 3.63) is 16.1 Å². The molecule has 5 nitrogen and oxygen atoms in total. The Labute approximate surface area is 132 Å². The van der Waals surface area contributed by atoms with E-state index >= 15 is 0 Å². The molecule has 0 aliphatic heterocycles. The van der Waals surface area contributed by atoms with Gasteiger partial charge in [0.25, 0.3) is 0 Å². The predicted octanol–water partition coefficient (Wildman–Crippen LogP) is 2.43. The highest BCUT2D eigenvalue weighted by Crippen LogP contribution is 2.14. The molecule has 1 heterocycles. The highest BCUT2D eigenvalue weighted by Gasteiger charge is 2.27. The summed E-state index contributed by atoms with van der Waals surface area (Å²) in [7, 11) is 3.54. The van der Waals surface area contributed by atoms with Gasteiger partial charge in [-0.25, -0.2) is 4.98 Å². The summed E-state index contributed by atoms with van der Waals surface area (Å²) in [5.74, 6) is 0.668. The Morgan fingerprint density at radius 1 is 1.50 bits per heavy atom. The van der Waals surface area contributed by atoms with Crippen LogP contribution < -0.4 is 5.32 Å². The number of aliphatic imine (C=N–C) groups is 1. The molecule has 1 rings (SSSR count). The Balaban J connectivity index is 2.24. The molecule has 0 amide bonds. The molecule has 126 valence electrons. The first-order chi connectivity index (χ1) is 10.3. The molecule has 0 aromatic carbocycles. The summed E-state index contributed by atoms with van der Waals surface area (Å²) in [4.78, 5) is 10.4. The van der Waals surface area contributed by atoms with E-state index in [0.717, 1.165) is 10.7 Å². The van der Waals surface area contributed by atoms with Crippen LogP contribution in [0.1, 0.15) is 17.1 Å². The Morgan fingerprint density at radius 3 is 2.77 bits per heavy atom. The van der Waals surface area contributed by atoms with Crippen LogP contribution in [-0.4, -0.2) is 55.9 Å². The minimum absolute atomic E-state index is 0.0541. The minimum atomic E-state index is -4.27. The first kappa shape index (κ1) is 18.7. The van der Waals surface area contributed by atoms with E-state index in [-0.39, 0.29) is 6.61 Å². The standard InChI is InChI=1S/C13H21F3N4OS/c1-10-19-11(8-22-10)7-20(3)12(17-2)18-5-4-6-21-9-13(14,15)16/h8H,4-7,9H2,1-3H3,(H,17,18). The molecule has 0 fully saturated rings. The van der Waals surface area contributed by atoms with Crippen LogP contribution >= 0.6 is 11.3 Å². The normalized spacial score (nSPS) is 12.5. The van der Waals surface area contributed by atoms with E-state index in [1.807, 2.05) is 24.3 Å². The lowest BCUT2D eigenvalue weighted by Crippen LogP contribution is -2.39. The molecule has 22 heavy (non-hydrogen) atoms. The number of hydrogen-bond donors (Lipinski definition) is 1. The fraction of sp³-hybridized carbons (Fsp3) is 0.692. The first-order valence-electron chi connectivity index (χ1n) is 6.79. The largest absolute Gasteiger partial charge is 0.411 e. The number of ether oxygens (including phenoxy) is 1. The molecule has 0 aliphatic rings. The third-order valence-electron chi connectivity index (χ3n) is 2.65. The summed E-state index contributed by atoms with van der Waals surface area (Å²) in [6.07, 6.45) is -3.80. The molecule has 1 aromatic rings. The van der Waals surface area contributed by atoms with Gasteiger partial charge >= 0.3 is 6.18 Å². The molecule has 0 bridgehead atoms. The van der Waals surface area contributed by atoms with E-state index < -0.39 is 12.8 Å². The molecule has 1 aromatic heterocycles. The molecule has 0 saturated carbocycles. The lowest BCUT2D eigenvalue weighted by atomic mass is 10.4. The van der Waals surface area contributed by atoms with Gasteiger partial charge in [0.2, 0.25) is 0 Å². The molecule has 0 spiro atoms. The van der Waals surface area contributed by atoms with Crippen molar-refractivity contribution >= 4 is 17.3 Å². The number of thiazole rings is 1. The molecule has 0 saturated heterocycles. The molecule has 0 aliphatic carbocycles. The quantitative estimate of drug-likeness (QED) is 0.471. The van der Waals surface area contributed by atoms with Crippen molar-refractivity contribution in [3.8, 4) is 0 Å². The Bertz CT molecular complexity index is 476. The molecular formula is C13H21F3N4OS. The number of nitrogens with zero attached hydrogens (tertiary/aromatic N) is 3. The van der Waals surface area contributed by atoms with Crippen molar-refractivity contribution in [2.24, 2.45) is 4.99 Å². The summed E-state index contributed by atoms with van der Waals surface area (Å²) >= 11 is 1.59. The first-order valence-corrected chi connectivity index (χ1v) is 7.67. The van der Waals surface area contributed by atoms with Crippen molar-refractivity contribution in [3.63, 3.8) is 0 Å². The number of rotatable bonds is 7. The maximum atomic E-state index is 11.9. The second-order valence-corrected chi connectivity index (χ2v) is 5.77. The van der Waals surface area contributed by atoms with Crippen LogP contribution in [0.5, 0.6) is 0 Å². The highest BCUT2D eigenvalue weighted by molar-refractivity contribution is 7.09. The van der Waals surface area contributed by atoms with Gasteiger partial charge in [0.15, 0.2) is 5.96 Å². The van der Waals surface area contributed by atoms with Crippen LogP contribution in [0.2, 0.25) is 0 Å². The molecular weight excluding hydrogens is 317 g/mol. The van der Waals surface area contributed by atoms with Gasteiger partial charge in [0.1, 0.15) is 6.61 Å². The zero-order chi connectivity index (χ0) is 16.6. The number of guanidine groups is 1. The fourth-order valence-electron chi connectivity index (χ4n) is 1.75. The number of nitrogens with one attached hydrogen (secondary N) is 1. The second-order valence-electron chi connectivity index (χ2n) is 4.71. The summed E-state index contributed by atoms with van der Waals surface area (Å²) < 4.78 is 40.2. The average molecular weight is 338 g/mol. The highest BCUT2D eigenvalue weighted by atomic mass is 32.1. The van der Waals surface area contributed by atoms with Crippen LogP contribution in [0.25, 0.3) is 0 Å². The van der Waals surface area contributed by atoms with Crippen LogP contribution in [-0.2, 0) is 11.3 Å². The van der Waals surface area contributed by atoms with Crippen molar-refractivity contribution in [2.75, 3.05) is 33.9 Å². The smallest absolute Gasteiger partial charge is 0.372 e. The molecule has 0 atom stereocenters. The van der Waals surface area contributed by atoms with Gasteiger partial charge in [-0.3, -0.25) is 4.99 Å². The minimum Gasteiger partial charge on any atom is -0.372 e. The van der Waals surface area contributed by atoms with Crippen molar-refractivity contribution in [1.29, 1.82) is 0 Å². The Hall–Kier alpha value is -1.35. The van der Waals surface area contributed by atoms with Crippen molar-refractivity contribution in [1.82, 2.24) is 15.2 Å². The summed E-state index contributed by atoms with van der Waals surface area (Å²) in [5, 5.41) is 6.08. The van der Waals surface area contributed by atoms with Gasteiger partial charge in [-0.1, -0.05) is 0 Å².